The molecule has 2 aromatic rings. The van der Waals surface area contributed by atoms with Crippen LogP contribution in [0.25, 0.3) is 0 Å². The third kappa shape index (κ3) is 3.35. The van der Waals surface area contributed by atoms with E-state index in [4.69, 9.17) is 0 Å². The van der Waals surface area contributed by atoms with E-state index in [0.29, 0.717) is 0 Å². The maximum atomic E-state index is 11.9. The molecule has 0 unspecified atom stereocenters. The van der Waals surface area contributed by atoms with Gasteiger partial charge in [0.2, 0.25) is 5.91 Å². The van der Waals surface area contributed by atoms with Gasteiger partial charge >= 0.3 is 0 Å². The Kier molecular flexibility index (Phi) is 3.97. The van der Waals surface area contributed by atoms with E-state index < -0.39 is 0 Å². The molecule has 0 aliphatic heterocycles. The second-order valence-electron chi connectivity index (χ2n) is 4.09. The maximum Gasteiger partial charge on any atom is 0.246 e. The maximum absolute atomic E-state index is 11.9. The average Bonchev–Trinajstić information content (AvgIpc) is 2.41. The number of nitrogens with one attached hydrogen (secondary N) is 2. The van der Waals surface area contributed by atoms with E-state index >= 15 is 0 Å². The molecule has 0 aliphatic carbocycles. The van der Waals surface area contributed by atoms with Crippen LogP contribution < -0.4 is 10.6 Å². The van der Waals surface area contributed by atoms with Gasteiger partial charge in [-0.3, -0.25) is 4.79 Å². The molecule has 0 spiro atoms. The molecular weight excluding hydrogens is 224 g/mol. The first kappa shape index (κ1) is 12.2. The average molecular weight is 240 g/mol. The largest absolute Gasteiger partial charge is 0.374 e. The zero-order valence-electron chi connectivity index (χ0n) is 10.3. The Balaban J connectivity index is 1.93. The minimum Gasteiger partial charge on any atom is -0.374 e. The van der Waals surface area contributed by atoms with E-state index in [1.54, 1.807) is 0 Å². The third-order valence-corrected chi connectivity index (χ3v) is 2.59. The van der Waals surface area contributed by atoms with E-state index in [2.05, 4.69) is 10.6 Å². The first-order chi connectivity index (χ1) is 8.75. The highest BCUT2D eigenvalue weighted by atomic mass is 16.2. The number of hydrogen-bond acceptors (Lipinski definition) is 2. The summed E-state index contributed by atoms with van der Waals surface area (Å²) < 4.78 is 0. The number of carbonyl (C=O) groups excluding carboxylic acids is 1. The number of para-hydroxylation sites is 2. The van der Waals surface area contributed by atoms with Crippen LogP contribution >= 0.6 is 0 Å². The molecular formula is C15H16N2O. The van der Waals surface area contributed by atoms with Crippen LogP contribution in [0.3, 0.4) is 0 Å². The van der Waals surface area contributed by atoms with Crippen molar-refractivity contribution in [3.8, 4) is 0 Å². The molecule has 18 heavy (non-hydrogen) atoms. The molecule has 0 fully saturated rings. The fraction of sp³-hybridized carbons (Fsp3) is 0.133. The fourth-order valence-corrected chi connectivity index (χ4v) is 1.62. The highest BCUT2D eigenvalue weighted by Crippen LogP contribution is 2.09. The van der Waals surface area contributed by atoms with Gasteiger partial charge in [-0.05, 0) is 31.2 Å². The van der Waals surface area contributed by atoms with Crippen LogP contribution in [-0.4, -0.2) is 11.9 Å². The van der Waals surface area contributed by atoms with Gasteiger partial charge in [-0.2, -0.15) is 0 Å². The predicted molar refractivity (Wildman–Crippen MR) is 74.6 cm³/mol. The molecule has 2 N–H and O–H groups in total. The normalized spacial score (nSPS) is 11.6. The van der Waals surface area contributed by atoms with Crippen molar-refractivity contribution in [2.75, 3.05) is 10.6 Å². The smallest absolute Gasteiger partial charge is 0.246 e. The van der Waals surface area contributed by atoms with Crippen molar-refractivity contribution in [2.45, 2.75) is 13.0 Å². The van der Waals surface area contributed by atoms with Gasteiger partial charge in [0.1, 0.15) is 6.04 Å². The number of carbonyl (C=O) groups is 1. The Bertz CT molecular complexity index is 496. The van der Waals surface area contributed by atoms with Gasteiger partial charge in [0.15, 0.2) is 0 Å². The van der Waals surface area contributed by atoms with Crippen molar-refractivity contribution in [3.05, 3.63) is 60.7 Å². The quantitative estimate of drug-likeness (QED) is 0.862. The van der Waals surface area contributed by atoms with Gasteiger partial charge in [0, 0.05) is 11.4 Å². The summed E-state index contributed by atoms with van der Waals surface area (Å²) in [6.45, 7) is 1.84. The summed E-state index contributed by atoms with van der Waals surface area (Å²) in [6.07, 6.45) is 0. The van der Waals surface area contributed by atoms with Crippen LogP contribution in [0.5, 0.6) is 0 Å². The lowest BCUT2D eigenvalue weighted by Gasteiger charge is -2.15. The lowest BCUT2D eigenvalue weighted by atomic mass is 10.2. The van der Waals surface area contributed by atoms with E-state index in [-0.39, 0.29) is 11.9 Å². The number of benzene rings is 2. The summed E-state index contributed by atoms with van der Waals surface area (Å²) in [6, 6.07) is 18.8. The number of amides is 1. The van der Waals surface area contributed by atoms with Crippen LogP contribution in [0.2, 0.25) is 0 Å². The van der Waals surface area contributed by atoms with Crippen LogP contribution in [-0.2, 0) is 4.79 Å². The summed E-state index contributed by atoms with van der Waals surface area (Å²) >= 11 is 0. The SMILES string of the molecule is C[C@@H](Nc1ccccc1)C(=O)Nc1ccccc1. The second kappa shape index (κ2) is 5.87. The lowest BCUT2D eigenvalue weighted by Crippen LogP contribution is -2.31. The van der Waals surface area contributed by atoms with Gasteiger partial charge in [0.25, 0.3) is 0 Å². The Morgan fingerprint density at radius 2 is 1.39 bits per heavy atom. The molecule has 0 aliphatic rings. The highest BCUT2D eigenvalue weighted by molar-refractivity contribution is 5.96. The first-order valence-corrected chi connectivity index (χ1v) is 5.93. The summed E-state index contributed by atoms with van der Waals surface area (Å²) in [4.78, 5) is 11.9. The molecule has 3 nitrogen and oxygen atoms in total. The van der Waals surface area contributed by atoms with Crippen molar-refractivity contribution < 1.29 is 4.79 Å². The van der Waals surface area contributed by atoms with Gasteiger partial charge in [-0.1, -0.05) is 36.4 Å². The minimum atomic E-state index is -0.285. The summed E-state index contributed by atoms with van der Waals surface area (Å²) in [5, 5.41) is 6.01. The molecule has 2 aromatic carbocycles. The molecule has 0 saturated carbocycles. The van der Waals surface area contributed by atoms with E-state index in [1.807, 2.05) is 67.6 Å². The molecule has 3 heteroatoms. The second-order valence-corrected chi connectivity index (χ2v) is 4.09. The summed E-state index contributed by atoms with van der Waals surface area (Å²) in [5.41, 5.74) is 1.75. The number of hydrogen-bond donors (Lipinski definition) is 2. The lowest BCUT2D eigenvalue weighted by molar-refractivity contribution is -0.116. The first-order valence-electron chi connectivity index (χ1n) is 5.93. The van der Waals surface area contributed by atoms with Gasteiger partial charge < -0.3 is 10.6 Å². The van der Waals surface area contributed by atoms with E-state index in [0.717, 1.165) is 11.4 Å². The third-order valence-electron chi connectivity index (χ3n) is 2.59. The molecule has 2 rings (SSSR count). The Morgan fingerprint density at radius 3 is 1.94 bits per heavy atom. The van der Waals surface area contributed by atoms with E-state index in [1.165, 1.54) is 0 Å². The Morgan fingerprint density at radius 1 is 0.889 bits per heavy atom. The zero-order valence-corrected chi connectivity index (χ0v) is 10.3. The molecule has 1 amide bonds. The molecule has 0 heterocycles. The summed E-state index contributed by atoms with van der Waals surface area (Å²) in [7, 11) is 0. The van der Waals surface area contributed by atoms with Crippen LogP contribution in [0.4, 0.5) is 11.4 Å². The van der Waals surface area contributed by atoms with Gasteiger partial charge in [-0.15, -0.1) is 0 Å². The van der Waals surface area contributed by atoms with Crippen LogP contribution in [0.15, 0.2) is 60.7 Å². The molecule has 92 valence electrons. The fourth-order valence-electron chi connectivity index (χ4n) is 1.62. The molecule has 1 atom stereocenters. The minimum absolute atomic E-state index is 0.0509. The molecule has 0 radical (unpaired) electrons. The predicted octanol–water partition coefficient (Wildman–Crippen LogP) is 3.13. The Hall–Kier alpha value is -2.29. The molecule has 0 saturated heterocycles. The molecule has 0 aromatic heterocycles. The summed E-state index contributed by atoms with van der Waals surface area (Å²) in [5.74, 6) is -0.0509. The standard InChI is InChI=1S/C15H16N2O/c1-12(16-13-8-4-2-5-9-13)15(18)17-14-10-6-3-7-11-14/h2-12,16H,1H3,(H,17,18)/t12-/m1/s1. The highest BCUT2D eigenvalue weighted by Gasteiger charge is 2.12. The van der Waals surface area contributed by atoms with Crippen molar-refractivity contribution in [1.29, 1.82) is 0 Å². The van der Waals surface area contributed by atoms with Gasteiger partial charge in [-0.25, -0.2) is 0 Å². The molecule has 0 bridgehead atoms. The van der Waals surface area contributed by atoms with Crippen LogP contribution in [0, 0.1) is 0 Å². The van der Waals surface area contributed by atoms with Gasteiger partial charge in [0.05, 0.1) is 0 Å². The van der Waals surface area contributed by atoms with Crippen molar-refractivity contribution in [2.24, 2.45) is 0 Å². The van der Waals surface area contributed by atoms with E-state index in [9.17, 15) is 4.79 Å². The zero-order chi connectivity index (χ0) is 12.8. The topological polar surface area (TPSA) is 41.1 Å². The monoisotopic (exact) mass is 240 g/mol. The van der Waals surface area contributed by atoms with Crippen molar-refractivity contribution in [1.82, 2.24) is 0 Å². The van der Waals surface area contributed by atoms with Crippen LogP contribution in [0.1, 0.15) is 6.92 Å². The van der Waals surface area contributed by atoms with Crippen molar-refractivity contribution >= 4 is 17.3 Å². The Labute approximate surface area is 107 Å². The van der Waals surface area contributed by atoms with Crippen molar-refractivity contribution in [3.63, 3.8) is 0 Å². The number of anilines is 2. The number of rotatable bonds is 4.